The number of carboxylic acids is 1. The summed E-state index contributed by atoms with van der Waals surface area (Å²) in [5.41, 5.74) is 2.60. The molecule has 8 heteroatoms. The van der Waals surface area contributed by atoms with Crippen LogP contribution in [0, 0.1) is 19.8 Å². The first-order valence-electron chi connectivity index (χ1n) is 15.2. The first-order valence-corrected chi connectivity index (χ1v) is 15.2. The number of rotatable bonds is 11. The molecule has 0 radical (unpaired) electrons. The van der Waals surface area contributed by atoms with Gasteiger partial charge in [-0.2, -0.15) is 0 Å². The maximum Gasteiger partial charge on any atom is 0.411 e. The average molecular weight is 575 g/mol. The molecule has 2 saturated carbocycles. The maximum atomic E-state index is 13.4. The van der Waals surface area contributed by atoms with Gasteiger partial charge in [-0.1, -0.05) is 73.7 Å². The fraction of sp³-hybridized carbons (Fsp3) is 0.500. The molecule has 1 amide bonds. The minimum absolute atomic E-state index is 0.0840. The van der Waals surface area contributed by atoms with Crippen LogP contribution in [0.25, 0.3) is 11.5 Å². The second-order valence-electron chi connectivity index (χ2n) is 11.9. The molecule has 2 aromatic carbocycles. The van der Waals surface area contributed by atoms with Crippen LogP contribution in [0.2, 0.25) is 0 Å². The maximum absolute atomic E-state index is 13.4. The van der Waals surface area contributed by atoms with Crippen molar-refractivity contribution in [3.63, 3.8) is 0 Å². The number of aryl methyl sites for hydroxylation is 2. The number of carboxylic acid groups (broad SMARTS) is 1. The minimum atomic E-state index is -1.20. The van der Waals surface area contributed by atoms with Crippen LogP contribution in [0.4, 0.5) is 4.79 Å². The Morgan fingerprint density at radius 2 is 1.81 bits per heavy atom. The van der Waals surface area contributed by atoms with Gasteiger partial charge in [0.05, 0.1) is 12.7 Å². The van der Waals surface area contributed by atoms with Crippen molar-refractivity contribution in [1.82, 2.24) is 9.88 Å². The second-order valence-corrected chi connectivity index (χ2v) is 11.9. The topological polar surface area (TPSA) is 102 Å². The van der Waals surface area contributed by atoms with Crippen LogP contribution in [0.5, 0.6) is 0 Å². The van der Waals surface area contributed by atoms with Gasteiger partial charge in [0.1, 0.15) is 23.6 Å². The van der Waals surface area contributed by atoms with Crippen LogP contribution in [-0.2, 0) is 27.5 Å². The molecule has 1 N–H and O–H groups in total. The van der Waals surface area contributed by atoms with Gasteiger partial charge in [-0.15, -0.1) is 0 Å². The monoisotopic (exact) mass is 574 g/mol. The molecular formula is C34H42N2O6. The molecule has 1 heterocycles. The van der Waals surface area contributed by atoms with Gasteiger partial charge in [0, 0.05) is 12.1 Å². The molecule has 2 atom stereocenters. The fourth-order valence-electron chi connectivity index (χ4n) is 6.46. The molecule has 3 aromatic rings. The van der Waals surface area contributed by atoms with Crippen molar-refractivity contribution in [2.75, 3.05) is 6.54 Å². The lowest BCUT2D eigenvalue weighted by Crippen LogP contribution is -2.56. The Morgan fingerprint density at radius 1 is 1.02 bits per heavy atom. The third-order valence-corrected chi connectivity index (χ3v) is 8.88. The van der Waals surface area contributed by atoms with E-state index in [1.165, 1.54) is 4.90 Å². The van der Waals surface area contributed by atoms with E-state index >= 15 is 0 Å². The smallest absolute Gasteiger partial charge is 0.411 e. The van der Waals surface area contributed by atoms with Crippen molar-refractivity contribution in [3.05, 3.63) is 77.2 Å². The number of carbonyl (C=O) groups excluding carboxylic acids is 1. The normalized spacial score (nSPS) is 19.9. The highest BCUT2D eigenvalue weighted by molar-refractivity contribution is 5.84. The number of hydrogen-bond acceptors (Lipinski definition) is 6. The Balaban J connectivity index is 1.19. The highest BCUT2D eigenvalue weighted by Crippen LogP contribution is 2.38. The molecule has 0 aliphatic heterocycles. The molecule has 5 rings (SSSR count). The summed E-state index contributed by atoms with van der Waals surface area (Å²) in [5, 5.41) is 10.3. The summed E-state index contributed by atoms with van der Waals surface area (Å²) < 4.78 is 17.9. The summed E-state index contributed by atoms with van der Waals surface area (Å²) in [6.45, 7) is 4.84. The Morgan fingerprint density at radius 3 is 2.55 bits per heavy atom. The van der Waals surface area contributed by atoms with Crippen LogP contribution >= 0.6 is 0 Å². The van der Waals surface area contributed by atoms with Crippen molar-refractivity contribution in [2.24, 2.45) is 5.92 Å². The van der Waals surface area contributed by atoms with E-state index in [4.69, 9.17) is 18.9 Å². The molecule has 8 nitrogen and oxygen atoms in total. The highest BCUT2D eigenvalue weighted by Gasteiger charge is 2.49. The number of aromatic nitrogens is 1. The van der Waals surface area contributed by atoms with E-state index < -0.39 is 17.6 Å². The summed E-state index contributed by atoms with van der Waals surface area (Å²) in [5.74, 6) is 0.769. The third kappa shape index (κ3) is 7.04. The zero-order valence-corrected chi connectivity index (χ0v) is 24.7. The zero-order valence-electron chi connectivity index (χ0n) is 24.7. The predicted molar refractivity (Wildman–Crippen MR) is 159 cm³/mol. The summed E-state index contributed by atoms with van der Waals surface area (Å²) in [7, 11) is 0. The van der Waals surface area contributed by atoms with Gasteiger partial charge < -0.3 is 19.0 Å². The first-order chi connectivity index (χ1) is 20.3. The molecule has 42 heavy (non-hydrogen) atoms. The van der Waals surface area contributed by atoms with Crippen molar-refractivity contribution >= 4 is 12.1 Å². The van der Waals surface area contributed by atoms with Crippen LogP contribution in [0.1, 0.15) is 80.4 Å². The van der Waals surface area contributed by atoms with Crippen molar-refractivity contribution in [2.45, 2.75) is 96.5 Å². The highest BCUT2D eigenvalue weighted by atomic mass is 16.6. The van der Waals surface area contributed by atoms with Gasteiger partial charge >= 0.3 is 12.1 Å². The second kappa shape index (κ2) is 13.6. The van der Waals surface area contributed by atoms with E-state index in [0.29, 0.717) is 37.8 Å². The third-order valence-electron chi connectivity index (χ3n) is 8.88. The molecule has 1 aromatic heterocycles. The number of oxazole rings is 1. The van der Waals surface area contributed by atoms with E-state index in [1.807, 2.05) is 62.4 Å². The first kappa shape index (κ1) is 29.8. The lowest BCUT2D eigenvalue weighted by molar-refractivity contribution is -0.150. The molecule has 2 aliphatic rings. The van der Waals surface area contributed by atoms with E-state index in [1.54, 1.807) is 0 Å². The number of hydrogen-bond donors (Lipinski definition) is 1. The number of nitrogens with zero attached hydrogens (tertiary/aromatic N) is 2. The van der Waals surface area contributed by atoms with Crippen molar-refractivity contribution < 1.29 is 28.6 Å². The lowest BCUT2D eigenvalue weighted by atomic mass is 9.84. The molecule has 2 aliphatic carbocycles. The van der Waals surface area contributed by atoms with Crippen LogP contribution in [-0.4, -0.2) is 45.2 Å². The van der Waals surface area contributed by atoms with Gasteiger partial charge in [-0.3, -0.25) is 4.90 Å². The van der Waals surface area contributed by atoms with E-state index in [9.17, 15) is 14.7 Å². The van der Waals surface area contributed by atoms with Crippen LogP contribution in [0.3, 0.4) is 0 Å². The minimum Gasteiger partial charge on any atom is -0.479 e. The van der Waals surface area contributed by atoms with Gasteiger partial charge in [-0.25, -0.2) is 14.6 Å². The molecule has 224 valence electrons. The Kier molecular flexibility index (Phi) is 9.62. The number of benzene rings is 2. The number of ether oxygens (including phenoxy) is 2. The summed E-state index contributed by atoms with van der Waals surface area (Å²) in [6, 6.07) is 17.6. The number of aliphatic carboxylic acids is 1. The molecular weight excluding hydrogens is 532 g/mol. The van der Waals surface area contributed by atoms with Crippen LogP contribution in [0.15, 0.2) is 59.0 Å². The SMILES string of the molecule is Cc1cccc(-c2nc(COC3CCCC(CCN(C(=O)OCc4ccccc4)C4(C(=O)O)CCCC4)C3)c(C)o2)c1. The standard InChI is InChI=1S/C34H42N2O6/c1-24-10-8-14-28(20-24)31-35-30(25(2)42-31)23-40-29-15-9-13-26(21-29)16-19-36(34(32(37)38)17-6-7-18-34)33(39)41-22-27-11-4-3-5-12-27/h3-5,8,10-12,14,20,26,29H,6-7,9,13,15-19,21-23H2,1-2H3,(H,37,38). The molecule has 0 spiro atoms. The number of carbonyl (C=O) groups is 2. The molecule has 2 fully saturated rings. The molecule has 0 bridgehead atoms. The summed E-state index contributed by atoms with van der Waals surface area (Å²) in [6.07, 6.45) is 6.67. The van der Waals surface area contributed by atoms with Crippen molar-refractivity contribution in [3.8, 4) is 11.5 Å². The molecule has 0 saturated heterocycles. The Bertz CT molecular complexity index is 1350. The van der Waals surface area contributed by atoms with Crippen LogP contribution < -0.4 is 0 Å². The summed E-state index contributed by atoms with van der Waals surface area (Å²) in [4.78, 5) is 32.1. The average Bonchev–Trinajstić information content (AvgIpc) is 3.64. The van der Waals surface area contributed by atoms with E-state index in [-0.39, 0.29) is 12.7 Å². The van der Waals surface area contributed by atoms with E-state index in [0.717, 1.165) is 73.1 Å². The zero-order chi connectivity index (χ0) is 29.5. The Labute approximate surface area is 248 Å². The Hall–Kier alpha value is -3.65. The van der Waals surface area contributed by atoms with Crippen molar-refractivity contribution in [1.29, 1.82) is 0 Å². The predicted octanol–water partition coefficient (Wildman–Crippen LogP) is 7.46. The fourth-order valence-corrected chi connectivity index (χ4v) is 6.46. The largest absolute Gasteiger partial charge is 0.479 e. The lowest BCUT2D eigenvalue weighted by Gasteiger charge is -2.38. The quantitative estimate of drug-likeness (QED) is 0.254. The van der Waals surface area contributed by atoms with Gasteiger partial charge in [0.25, 0.3) is 0 Å². The molecule has 2 unspecified atom stereocenters. The van der Waals surface area contributed by atoms with E-state index in [2.05, 4.69) is 6.07 Å². The van der Waals surface area contributed by atoms with Gasteiger partial charge in [0.15, 0.2) is 0 Å². The summed E-state index contributed by atoms with van der Waals surface area (Å²) >= 11 is 0. The number of amides is 1. The van der Waals surface area contributed by atoms with Gasteiger partial charge in [0.2, 0.25) is 5.89 Å². The van der Waals surface area contributed by atoms with Gasteiger partial charge in [-0.05, 0) is 69.6 Å².